The van der Waals surface area contributed by atoms with Gasteiger partial charge in [0.1, 0.15) is 5.82 Å². The van der Waals surface area contributed by atoms with Gasteiger partial charge in [-0.2, -0.15) is 5.10 Å². The van der Waals surface area contributed by atoms with E-state index in [2.05, 4.69) is 33.6 Å². The van der Waals surface area contributed by atoms with Crippen LogP contribution in [0.25, 0.3) is 10.9 Å². The Morgan fingerprint density at radius 3 is 2.75 bits per heavy atom. The number of likely N-dealkylation sites (N-methyl/N-ethyl adjacent to an activating group) is 1. The maximum atomic E-state index is 4.66. The summed E-state index contributed by atoms with van der Waals surface area (Å²) in [4.78, 5) is 4.44. The van der Waals surface area contributed by atoms with Gasteiger partial charge in [0.2, 0.25) is 0 Å². The maximum Gasteiger partial charge on any atom is 0.125 e. The van der Waals surface area contributed by atoms with E-state index in [0.717, 1.165) is 23.5 Å². The zero-order valence-electron chi connectivity index (χ0n) is 12.0. The maximum absolute atomic E-state index is 4.66. The molecule has 1 unspecified atom stereocenters. The third kappa shape index (κ3) is 2.10. The van der Waals surface area contributed by atoms with E-state index in [4.69, 9.17) is 0 Å². The van der Waals surface area contributed by atoms with E-state index >= 15 is 0 Å². The van der Waals surface area contributed by atoms with Crippen molar-refractivity contribution >= 4 is 10.9 Å². The van der Waals surface area contributed by atoms with Crippen molar-refractivity contribution in [1.29, 1.82) is 0 Å². The molecule has 1 aromatic carbocycles. The Morgan fingerprint density at radius 1 is 1.25 bits per heavy atom. The molecule has 0 amide bonds. The van der Waals surface area contributed by atoms with E-state index in [9.17, 15) is 0 Å². The molecule has 5 nitrogen and oxygen atoms in total. The second-order valence-corrected chi connectivity index (χ2v) is 5.03. The van der Waals surface area contributed by atoms with Crippen molar-refractivity contribution in [2.24, 2.45) is 14.1 Å². The van der Waals surface area contributed by atoms with Gasteiger partial charge in [-0.25, -0.2) is 4.98 Å². The molecule has 5 heteroatoms. The Morgan fingerprint density at radius 2 is 2.05 bits per heavy atom. The number of nitrogens with one attached hydrogen (secondary N) is 1. The summed E-state index contributed by atoms with van der Waals surface area (Å²) in [6.07, 6.45) is 4.62. The highest BCUT2D eigenvalue weighted by molar-refractivity contribution is 5.81. The molecule has 0 saturated carbocycles. The Labute approximate surface area is 118 Å². The van der Waals surface area contributed by atoms with E-state index < -0.39 is 0 Å². The molecule has 104 valence electrons. The lowest BCUT2D eigenvalue weighted by Gasteiger charge is -2.14. The highest BCUT2D eigenvalue weighted by Crippen LogP contribution is 2.22. The SMILES string of the molecule is CNC(Cc1nn(C)c2ccccc12)c1nccn1C. The van der Waals surface area contributed by atoms with E-state index in [0.29, 0.717) is 0 Å². The van der Waals surface area contributed by atoms with Crippen molar-refractivity contribution in [1.82, 2.24) is 24.6 Å². The molecule has 0 aliphatic rings. The van der Waals surface area contributed by atoms with Gasteiger partial charge in [-0.15, -0.1) is 0 Å². The van der Waals surface area contributed by atoms with Crippen LogP contribution >= 0.6 is 0 Å². The minimum absolute atomic E-state index is 0.160. The molecule has 0 fully saturated rings. The zero-order valence-corrected chi connectivity index (χ0v) is 12.0. The molecule has 1 N–H and O–H groups in total. The Bertz CT molecular complexity index is 725. The van der Waals surface area contributed by atoms with E-state index in [1.54, 1.807) is 0 Å². The molecule has 0 radical (unpaired) electrons. The van der Waals surface area contributed by atoms with Gasteiger partial charge in [-0.05, 0) is 13.1 Å². The van der Waals surface area contributed by atoms with Crippen LogP contribution in [0.5, 0.6) is 0 Å². The number of hydrogen-bond donors (Lipinski definition) is 1. The summed E-state index contributed by atoms with van der Waals surface area (Å²) < 4.78 is 3.99. The Kier molecular flexibility index (Phi) is 3.28. The van der Waals surface area contributed by atoms with Crippen LogP contribution in [0.15, 0.2) is 36.7 Å². The van der Waals surface area contributed by atoms with Crippen molar-refractivity contribution in [2.45, 2.75) is 12.5 Å². The van der Waals surface area contributed by atoms with Crippen LogP contribution in [0, 0.1) is 0 Å². The average molecular weight is 269 g/mol. The number of benzene rings is 1. The third-order valence-electron chi connectivity index (χ3n) is 3.75. The summed E-state index contributed by atoms with van der Waals surface area (Å²) in [5.74, 6) is 1.03. The number of rotatable bonds is 4. The molecule has 0 aliphatic heterocycles. The van der Waals surface area contributed by atoms with Crippen molar-refractivity contribution in [3.63, 3.8) is 0 Å². The number of fused-ring (bicyclic) bond motifs is 1. The number of nitrogens with zero attached hydrogens (tertiary/aromatic N) is 4. The van der Waals surface area contributed by atoms with E-state index in [1.807, 2.05) is 48.9 Å². The molecule has 0 spiro atoms. The average Bonchev–Trinajstić information content (AvgIpc) is 3.01. The molecule has 2 heterocycles. The summed E-state index contributed by atoms with van der Waals surface area (Å²) in [6, 6.07) is 8.49. The lowest BCUT2D eigenvalue weighted by molar-refractivity contribution is 0.530. The van der Waals surface area contributed by atoms with E-state index in [-0.39, 0.29) is 6.04 Å². The fourth-order valence-corrected chi connectivity index (χ4v) is 2.67. The molecule has 20 heavy (non-hydrogen) atoms. The van der Waals surface area contributed by atoms with Crippen LogP contribution in [-0.4, -0.2) is 26.4 Å². The van der Waals surface area contributed by atoms with Crippen molar-refractivity contribution in [3.05, 3.63) is 48.2 Å². The minimum Gasteiger partial charge on any atom is -0.337 e. The molecule has 3 aromatic rings. The van der Waals surface area contributed by atoms with Gasteiger partial charge in [0.25, 0.3) is 0 Å². The fraction of sp³-hybridized carbons (Fsp3) is 0.333. The van der Waals surface area contributed by atoms with Gasteiger partial charge in [-0.3, -0.25) is 4.68 Å². The summed E-state index contributed by atoms with van der Waals surface area (Å²) in [7, 11) is 5.97. The number of aryl methyl sites for hydroxylation is 2. The Balaban J connectivity index is 1.98. The molecule has 0 bridgehead atoms. The van der Waals surface area contributed by atoms with Crippen molar-refractivity contribution < 1.29 is 0 Å². The number of imidazole rings is 1. The highest BCUT2D eigenvalue weighted by Gasteiger charge is 2.18. The predicted octanol–water partition coefficient (Wildman–Crippen LogP) is 1.81. The van der Waals surface area contributed by atoms with E-state index in [1.165, 1.54) is 5.39 Å². The van der Waals surface area contributed by atoms with Crippen molar-refractivity contribution in [2.75, 3.05) is 7.05 Å². The second kappa shape index (κ2) is 5.09. The quantitative estimate of drug-likeness (QED) is 0.786. The number of aromatic nitrogens is 4. The monoisotopic (exact) mass is 269 g/mol. The first-order chi connectivity index (χ1) is 9.70. The largest absolute Gasteiger partial charge is 0.337 e. The smallest absolute Gasteiger partial charge is 0.125 e. The first kappa shape index (κ1) is 12.9. The van der Waals surface area contributed by atoms with Gasteiger partial charge in [0.15, 0.2) is 0 Å². The highest BCUT2D eigenvalue weighted by atomic mass is 15.3. The molecule has 3 rings (SSSR count). The zero-order chi connectivity index (χ0) is 14.1. The summed E-state index contributed by atoms with van der Waals surface area (Å²) in [6.45, 7) is 0. The normalized spacial score (nSPS) is 12.9. The first-order valence-corrected chi connectivity index (χ1v) is 6.76. The Hall–Kier alpha value is -2.14. The molecule has 2 aromatic heterocycles. The number of hydrogen-bond acceptors (Lipinski definition) is 3. The van der Waals surface area contributed by atoms with Crippen LogP contribution in [0.1, 0.15) is 17.6 Å². The predicted molar refractivity (Wildman–Crippen MR) is 79.4 cm³/mol. The molecule has 0 aliphatic carbocycles. The van der Waals surface area contributed by atoms with Crippen LogP contribution in [0.2, 0.25) is 0 Å². The number of para-hydroxylation sites is 1. The fourth-order valence-electron chi connectivity index (χ4n) is 2.67. The van der Waals surface area contributed by atoms with Gasteiger partial charge in [-0.1, -0.05) is 18.2 Å². The minimum atomic E-state index is 0.160. The molecule has 1 atom stereocenters. The second-order valence-electron chi connectivity index (χ2n) is 5.03. The molecule has 0 saturated heterocycles. The van der Waals surface area contributed by atoms with Gasteiger partial charge < -0.3 is 9.88 Å². The summed E-state index contributed by atoms with van der Waals surface area (Å²) in [5.41, 5.74) is 2.27. The third-order valence-corrected chi connectivity index (χ3v) is 3.75. The van der Waals surface area contributed by atoms with Crippen LogP contribution in [0.3, 0.4) is 0 Å². The van der Waals surface area contributed by atoms with Gasteiger partial charge in [0, 0.05) is 38.3 Å². The first-order valence-electron chi connectivity index (χ1n) is 6.76. The van der Waals surface area contributed by atoms with Crippen LogP contribution < -0.4 is 5.32 Å². The summed E-state index contributed by atoms with van der Waals surface area (Å²) in [5, 5.41) is 9.20. The topological polar surface area (TPSA) is 47.7 Å². The van der Waals surface area contributed by atoms with Gasteiger partial charge in [0.05, 0.1) is 17.3 Å². The van der Waals surface area contributed by atoms with Crippen LogP contribution in [-0.2, 0) is 20.5 Å². The lowest BCUT2D eigenvalue weighted by atomic mass is 10.1. The lowest BCUT2D eigenvalue weighted by Crippen LogP contribution is -2.22. The molecular weight excluding hydrogens is 250 g/mol. The van der Waals surface area contributed by atoms with Crippen LogP contribution in [0.4, 0.5) is 0 Å². The van der Waals surface area contributed by atoms with Gasteiger partial charge >= 0.3 is 0 Å². The summed E-state index contributed by atoms with van der Waals surface area (Å²) >= 11 is 0. The standard InChI is InChI=1S/C15H19N5/c1-16-13(15-17-8-9-19(15)2)10-12-11-6-4-5-7-14(11)20(3)18-12/h4-9,13,16H,10H2,1-3H3. The van der Waals surface area contributed by atoms with Crippen molar-refractivity contribution in [3.8, 4) is 0 Å². The molecular formula is C15H19N5.